The maximum absolute atomic E-state index is 13.5. The fraction of sp³-hybridized carbons (Fsp3) is 0.250. The van der Waals surface area contributed by atoms with E-state index in [-0.39, 0.29) is 12.6 Å². The van der Waals surface area contributed by atoms with Gasteiger partial charge in [-0.25, -0.2) is 4.39 Å². The van der Waals surface area contributed by atoms with Crippen LogP contribution in [-0.4, -0.2) is 11.7 Å². The molecule has 4 heteroatoms. The molecular weight excluding hydrogens is 277 g/mol. The zero-order chi connectivity index (χ0) is 14.5. The SMILES string of the molecule is C[C@@H](NCC(O)c1ccccc1F)c1cccc(Cl)c1. The van der Waals surface area contributed by atoms with Crippen LogP contribution in [0.5, 0.6) is 0 Å². The van der Waals surface area contributed by atoms with Crippen molar-refractivity contribution < 1.29 is 9.50 Å². The van der Waals surface area contributed by atoms with Gasteiger partial charge in [0.1, 0.15) is 5.82 Å². The second kappa shape index (κ2) is 6.84. The third kappa shape index (κ3) is 3.79. The van der Waals surface area contributed by atoms with Crippen molar-refractivity contribution in [1.82, 2.24) is 5.32 Å². The van der Waals surface area contributed by atoms with E-state index < -0.39 is 11.9 Å². The molecule has 0 aromatic heterocycles. The Bertz CT molecular complexity index is 576. The predicted molar refractivity (Wildman–Crippen MR) is 79.2 cm³/mol. The first-order chi connectivity index (χ1) is 9.58. The highest BCUT2D eigenvalue weighted by Gasteiger charge is 2.13. The van der Waals surface area contributed by atoms with Crippen LogP contribution >= 0.6 is 11.6 Å². The fourth-order valence-corrected chi connectivity index (χ4v) is 2.24. The Kier molecular flexibility index (Phi) is 5.12. The molecule has 2 aromatic rings. The van der Waals surface area contributed by atoms with Gasteiger partial charge >= 0.3 is 0 Å². The van der Waals surface area contributed by atoms with Gasteiger partial charge in [0.05, 0.1) is 6.10 Å². The third-order valence-corrected chi connectivity index (χ3v) is 3.47. The Morgan fingerprint density at radius 1 is 1.20 bits per heavy atom. The summed E-state index contributed by atoms with van der Waals surface area (Å²) in [4.78, 5) is 0. The average Bonchev–Trinajstić information content (AvgIpc) is 2.45. The lowest BCUT2D eigenvalue weighted by Gasteiger charge is -2.18. The molecule has 0 bridgehead atoms. The lowest BCUT2D eigenvalue weighted by atomic mass is 10.1. The van der Waals surface area contributed by atoms with Crippen LogP contribution in [0.25, 0.3) is 0 Å². The van der Waals surface area contributed by atoms with E-state index in [4.69, 9.17) is 11.6 Å². The Balaban J connectivity index is 1.97. The molecule has 0 spiro atoms. The molecule has 0 radical (unpaired) electrons. The lowest BCUT2D eigenvalue weighted by Crippen LogP contribution is -2.25. The number of nitrogens with one attached hydrogen (secondary N) is 1. The Hall–Kier alpha value is -1.42. The number of halogens is 2. The largest absolute Gasteiger partial charge is 0.387 e. The summed E-state index contributed by atoms with van der Waals surface area (Å²) in [6.45, 7) is 2.24. The zero-order valence-corrected chi connectivity index (χ0v) is 11.9. The van der Waals surface area contributed by atoms with Crippen molar-refractivity contribution in [3.8, 4) is 0 Å². The minimum absolute atomic E-state index is 0.0233. The Morgan fingerprint density at radius 2 is 1.95 bits per heavy atom. The van der Waals surface area contributed by atoms with Crippen molar-refractivity contribution in [3.63, 3.8) is 0 Å². The van der Waals surface area contributed by atoms with Crippen LogP contribution in [0.15, 0.2) is 48.5 Å². The summed E-state index contributed by atoms with van der Waals surface area (Å²) in [6.07, 6.45) is -0.877. The average molecular weight is 294 g/mol. The standard InChI is InChI=1S/C16H17ClFNO/c1-11(12-5-4-6-13(17)9-12)19-10-16(20)14-7-2-3-8-15(14)18/h2-9,11,16,19-20H,10H2,1H3/t11-,16?/m1/s1. The van der Waals surface area contributed by atoms with E-state index >= 15 is 0 Å². The smallest absolute Gasteiger partial charge is 0.129 e. The number of benzene rings is 2. The molecule has 2 atom stereocenters. The van der Waals surface area contributed by atoms with Crippen LogP contribution in [0.2, 0.25) is 5.02 Å². The van der Waals surface area contributed by atoms with Crippen molar-refractivity contribution in [2.45, 2.75) is 19.1 Å². The van der Waals surface area contributed by atoms with Gasteiger partial charge in [0, 0.05) is 23.2 Å². The molecule has 0 aliphatic rings. The molecule has 2 N–H and O–H groups in total. The van der Waals surface area contributed by atoms with Crippen molar-refractivity contribution in [3.05, 3.63) is 70.5 Å². The van der Waals surface area contributed by atoms with Crippen LogP contribution in [-0.2, 0) is 0 Å². The van der Waals surface area contributed by atoms with Crippen LogP contribution in [0.4, 0.5) is 4.39 Å². The number of aliphatic hydroxyl groups excluding tert-OH is 1. The van der Waals surface area contributed by atoms with Crippen LogP contribution < -0.4 is 5.32 Å². The second-order valence-corrected chi connectivity index (χ2v) is 5.16. The van der Waals surface area contributed by atoms with Gasteiger partial charge < -0.3 is 10.4 Å². The molecular formula is C16H17ClFNO. The molecule has 0 aliphatic carbocycles. The van der Waals surface area contributed by atoms with Crippen molar-refractivity contribution in [2.75, 3.05) is 6.54 Å². The quantitative estimate of drug-likeness (QED) is 0.877. The molecule has 0 saturated heterocycles. The maximum atomic E-state index is 13.5. The second-order valence-electron chi connectivity index (χ2n) is 4.72. The Labute approximate surface area is 123 Å². The van der Waals surface area contributed by atoms with E-state index in [0.29, 0.717) is 10.6 Å². The summed E-state index contributed by atoms with van der Waals surface area (Å²) in [6, 6.07) is 13.8. The minimum atomic E-state index is -0.877. The molecule has 2 rings (SSSR count). The summed E-state index contributed by atoms with van der Waals surface area (Å²) in [7, 11) is 0. The Morgan fingerprint density at radius 3 is 2.65 bits per heavy atom. The van der Waals surface area contributed by atoms with Crippen molar-refractivity contribution in [1.29, 1.82) is 0 Å². The van der Waals surface area contributed by atoms with Gasteiger partial charge in [0.15, 0.2) is 0 Å². The van der Waals surface area contributed by atoms with Gasteiger partial charge in [-0.1, -0.05) is 41.9 Å². The summed E-state index contributed by atoms with van der Waals surface area (Å²) in [5.41, 5.74) is 1.33. The normalized spacial score (nSPS) is 14.0. The van der Waals surface area contributed by atoms with Gasteiger partial charge in [-0.15, -0.1) is 0 Å². The van der Waals surface area contributed by atoms with Crippen molar-refractivity contribution >= 4 is 11.6 Å². The number of rotatable bonds is 5. The molecule has 0 saturated carbocycles. The molecule has 0 aliphatic heterocycles. The van der Waals surface area contributed by atoms with Crippen molar-refractivity contribution in [2.24, 2.45) is 0 Å². The summed E-state index contributed by atoms with van der Waals surface area (Å²) in [5.74, 6) is -0.391. The summed E-state index contributed by atoms with van der Waals surface area (Å²) < 4.78 is 13.5. The molecule has 20 heavy (non-hydrogen) atoms. The maximum Gasteiger partial charge on any atom is 0.129 e. The molecule has 0 heterocycles. The van der Waals surface area contributed by atoms with Gasteiger partial charge in [0.25, 0.3) is 0 Å². The lowest BCUT2D eigenvalue weighted by molar-refractivity contribution is 0.166. The molecule has 106 valence electrons. The topological polar surface area (TPSA) is 32.3 Å². The molecule has 0 amide bonds. The number of aliphatic hydroxyl groups is 1. The van der Waals surface area contributed by atoms with Gasteiger partial charge in [-0.2, -0.15) is 0 Å². The highest BCUT2D eigenvalue weighted by molar-refractivity contribution is 6.30. The molecule has 1 unspecified atom stereocenters. The summed E-state index contributed by atoms with van der Waals surface area (Å²) >= 11 is 5.94. The van der Waals surface area contributed by atoms with E-state index in [9.17, 15) is 9.50 Å². The monoisotopic (exact) mass is 293 g/mol. The first-order valence-electron chi connectivity index (χ1n) is 6.49. The first kappa shape index (κ1) is 15.0. The van der Waals surface area contributed by atoms with Crippen LogP contribution in [0.1, 0.15) is 30.2 Å². The van der Waals surface area contributed by atoms with E-state index in [2.05, 4.69) is 5.32 Å². The summed E-state index contributed by atoms with van der Waals surface area (Å²) in [5, 5.41) is 13.9. The van der Waals surface area contributed by atoms with Gasteiger partial charge in [0.2, 0.25) is 0 Å². The molecule has 2 nitrogen and oxygen atoms in total. The number of hydrogen-bond acceptors (Lipinski definition) is 2. The van der Waals surface area contributed by atoms with Gasteiger partial charge in [-0.05, 0) is 30.7 Å². The first-order valence-corrected chi connectivity index (χ1v) is 6.87. The number of hydrogen-bond donors (Lipinski definition) is 2. The van der Waals surface area contributed by atoms with E-state index in [1.165, 1.54) is 6.07 Å². The van der Waals surface area contributed by atoms with E-state index in [1.54, 1.807) is 18.2 Å². The predicted octanol–water partition coefficient (Wildman–Crippen LogP) is 3.86. The van der Waals surface area contributed by atoms with Crippen LogP contribution in [0, 0.1) is 5.82 Å². The van der Waals surface area contributed by atoms with Gasteiger partial charge in [-0.3, -0.25) is 0 Å². The molecule has 0 fully saturated rings. The highest BCUT2D eigenvalue weighted by atomic mass is 35.5. The third-order valence-electron chi connectivity index (χ3n) is 3.23. The highest BCUT2D eigenvalue weighted by Crippen LogP contribution is 2.20. The molecule has 2 aromatic carbocycles. The fourth-order valence-electron chi connectivity index (χ4n) is 2.04. The zero-order valence-electron chi connectivity index (χ0n) is 11.2. The minimum Gasteiger partial charge on any atom is -0.387 e. The van der Waals surface area contributed by atoms with Crippen LogP contribution in [0.3, 0.4) is 0 Å². The van der Waals surface area contributed by atoms with E-state index in [1.807, 2.05) is 31.2 Å². The van der Waals surface area contributed by atoms with E-state index in [0.717, 1.165) is 5.56 Å².